The molecule has 4 aromatic carbocycles. The minimum absolute atomic E-state index is 0.0916. The van der Waals surface area contributed by atoms with E-state index in [1.807, 2.05) is 0 Å². The van der Waals surface area contributed by atoms with Gasteiger partial charge in [-0.25, -0.2) is 25.3 Å². The Morgan fingerprint density at radius 3 is 1.21 bits per heavy atom. The van der Waals surface area contributed by atoms with Crippen LogP contribution in [0.1, 0.15) is 11.1 Å². The van der Waals surface area contributed by atoms with Crippen LogP contribution in [0.15, 0.2) is 119 Å². The highest BCUT2D eigenvalue weighted by molar-refractivity contribution is 7.92. The minimum atomic E-state index is -4.33. The number of sulfonamides is 2. The summed E-state index contributed by atoms with van der Waals surface area (Å²) in [6, 6.07) is 26.1. The van der Waals surface area contributed by atoms with Crippen molar-refractivity contribution in [2.45, 2.75) is 35.0 Å². The number of sulfone groups is 1. The normalized spacial score (nSPS) is 18.7. The number of nitrogens with zero attached hydrogens (tertiary/aromatic N) is 2. The van der Waals surface area contributed by atoms with Gasteiger partial charge in [0.05, 0.1) is 33.4 Å². The number of hydrogen-bond acceptors (Lipinski definition) is 6. The van der Waals surface area contributed by atoms with Crippen molar-refractivity contribution in [3.8, 4) is 0 Å². The lowest BCUT2D eigenvalue weighted by Crippen LogP contribution is -2.54. The Balaban J connectivity index is 1.67. The molecule has 8 nitrogen and oxygen atoms in total. The fraction of sp³-hybridized carbons (Fsp3) is 0.200. The molecule has 0 radical (unpaired) electrons. The Hall–Kier alpha value is -2.77. The molecule has 13 heteroatoms. The van der Waals surface area contributed by atoms with Crippen molar-refractivity contribution in [2.24, 2.45) is 0 Å². The van der Waals surface area contributed by atoms with Gasteiger partial charge in [-0.1, -0.05) is 83.9 Å². The van der Waals surface area contributed by atoms with Crippen molar-refractivity contribution in [3.63, 3.8) is 0 Å². The van der Waals surface area contributed by atoms with Crippen molar-refractivity contribution in [3.05, 3.63) is 130 Å². The first-order valence-electron chi connectivity index (χ1n) is 13.2. The maximum absolute atomic E-state index is 14.2. The Morgan fingerprint density at radius 1 is 0.558 bits per heavy atom. The molecule has 0 spiro atoms. The number of hydrogen-bond donors (Lipinski definition) is 0. The largest absolute Gasteiger partial charge is 0.243 e. The van der Waals surface area contributed by atoms with Crippen LogP contribution in [-0.4, -0.2) is 57.5 Å². The minimum Gasteiger partial charge on any atom is -0.229 e. The fourth-order valence-electron chi connectivity index (χ4n) is 5.13. The van der Waals surface area contributed by atoms with Gasteiger partial charge in [0, 0.05) is 23.1 Å². The zero-order valence-corrected chi connectivity index (χ0v) is 26.7. The molecule has 1 heterocycles. The van der Waals surface area contributed by atoms with Crippen molar-refractivity contribution in [1.82, 2.24) is 8.61 Å². The lowest BCUT2D eigenvalue weighted by molar-refractivity contribution is 0.219. The molecule has 5 rings (SSSR count). The van der Waals surface area contributed by atoms with E-state index in [1.165, 1.54) is 48.5 Å². The summed E-state index contributed by atoms with van der Waals surface area (Å²) >= 11 is 12.1. The van der Waals surface area contributed by atoms with E-state index in [-0.39, 0.29) is 22.9 Å². The zero-order chi connectivity index (χ0) is 30.8. The molecular formula is C30H28Cl2N2O6S3. The first-order chi connectivity index (χ1) is 20.4. The SMILES string of the molecule is O=S1(=O)C[C@@H](N(Cc2ccccc2)S(=O)(=O)c2ccc(Cl)cc2)[C@@H](N(Cc2ccccc2)S(=O)(=O)c2ccc(Cl)cc2)C1. The molecule has 0 N–H and O–H groups in total. The predicted octanol–water partition coefficient (Wildman–Crippen LogP) is 5.24. The molecule has 2 atom stereocenters. The van der Waals surface area contributed by atoms with Crippen molar-refractivity contribution < 1.29 is 25.3 Å². The third kappa shape index (κ3) is 7.15. The molecular weight excluding hydrogens is 651 g/mol. The van der Waals surface area contributed by atoms with Crippen LogP contribution in [0.4, 0.5) is 0 Å². The van der Waals surface area contributed by atoms with Gasteiger partial charge >= 0.3 is 0 Å². The Kier molecular flexibility index (Phi) is 9.34. The Labute approximate surface area is 262 Å². The second-order valence-corrected chi connectivity index (χ2v) is 17.0. The van der Waals surface area contributed by atoms with E-state index in [0.29, 0.717) is 21.2 Å². The van der Waals surface area contributed by atoms with Crippen LogP contribution < -0.4 is 0 Å². The molecule has 4 aromatic rings. The lowest BCUT2D eigenvalue weighted by atomic mass is 10.1. The van der Waals surface area contributed by atoms with Gasteiger partial charge in [-0.05, 0) is 59.7 Å². The molecule has 0 aromatic heterocycles. The van der Waals surface area contributed by atoms with Crippen LogP contribution in [0.3, 0.4) is 0 Å². The quantitative estimate of drug-likeness (QED) is 0.227. The van der Waals surface area contributed by atoms with E-state index < -0.39 is 53.5 Å². The molecule has 1 aliphatic rings. The van der Waals surface area contributed by atoms with Gasteiger partial charge in [0.2, 0.25) is 20.0 Å². The second kappa shape index (κ2) is 12.7. The summed E-state index contributed by atoms with van der Waals surface area (Å²) in [7, 11) is -12.5. The van der Waals surface area contributed by atoms with E-state index >= 15 is 0 Å². The fourth-order valence-corrected chi connectivity index (χ4v) is 10.8. The zero-order valence-electron chi connectivity index (χ0n) is 22.7. The van der Waals surface area contributed by atoms with Gasteiger partial charge in [0.25, 0.3) is 0 Å². The second-order valence-electron chi connectivity index (χ2n) is 10.2. The summed E-state index contributed by atoms with van der Waals surface area (Å²) < 4.78 is 85.8. The molecule has 1 saturated heterocycles. The van der Waals surface area contributed by atoms with Gasteiger partial charge in [-0.3, -0.25) is 0 Å². The van der Waals surface area contributed by atoms with Crippen LogP contribution in [0.25, 0.3) is 0 Å². The summed E-state index contributed by atoms with van der Waals surface area (Å²) in [5, 5.41) is 0.663. The Bertz CT molecular complexity index is 1760. The van der Waals surface area contributed by atoms with Crippen molar-refractivity contribution >= 4 is 53.1 Å². The summed E-state index contributed by atoms with van der Waals surface area (Å²) in [6.07, 6.45) is 0. The first kappa shape index (κ1) is 31.6. The summed E-state index contributed by atoms with van der Waals surface area (Å²) in [5.74, 6) is -1.11. The summed E-state index contributed by atoms with van der Waals surface area (Å²) in [6.45, 7) is -0.356. The summed E-state index contributed by atoms with van der Waals surface area (Å²) in [4.78, 5) is -0.183. The molecule has 0 bridgehead atoms. The maximum Gasteiger partial charge on any atom is 0.243 e. The molecule has 0 saturated carbocycles. The first-order valence-corrected chi connectivity index (χ1v) is 18.7. The smallest absolute Gasteiger partial charge is 0.229 e. The highest BCUT2D eigenvalue weighted by atomic mass is 35.5. The van der Waals surface area contributed by atoms with Gasteiger partial charge < -0.3 is 0 Å². The van der Waals surface area contributed by atoms with E-state index in [9.17, 15) is 25.3 Å². The molecule has 1 aliphatic heterocycles. The van der Waals surface area contributed by atoms with Crippen LogP contribution in [0.2, 0.25) is 10.0 Å². The van der Waals surface area contributed by atoms with Crippen LogP contribution in [-0.2, 0) is 43.0 Å². The van der Waals surface area contributed by atoms with Crippen LogP contribution in [0, 0.1) is 0 Å². The lowest BCUT2D eigenvalue weighted by Gasteiger charge is -2.36. The number of halogens is 2. The molecule has 43 heavy (non-hydrogen) atoms. The highest BCUT2D eigenvalue weighted by Gasteiger charge is 2.50. The van der Waals surface area contributed by atoms with E-state index in [4.69, 9.17) is 23.2 Å². The Morgan fingerprint density at radius 2 is 0.884 bits per heavy atom. The number of rotatable bonds is 10. The van der Waals surface area contributed by atoms with Crippen molar-refractivity contribution in [1.29, 1.82) is 0 Å². The van der Waals surface area contributed by atoms with Gasteiger partial charge in [0.15, 0.2) is 9.84 Å². The third-order valence-corrected chi connectivity index (χ3v) is 13.2. The molecule has 226 valence electrons. The molecule has 0 unspecified atom stereocenters. The maximum atomic E-state index is 14.2. The van der Waals surface area contributed by atoms with Gasteiger partial charge in [0.1, 0.15) is 0 Å². The topological polar surface area (TPSA) is 109 Å². The van der Waals surface area contributed by atoms with E-state index in [0.717, 1.165) is 8.61 Å². The van der Waals surface area contributed by atoms with E-state index in [1.54, 1.807) is 60.7 Å². The van der Waals surface area contributed by atoms with Gasteiger partial charge in [-0.15, -0.1) is 0 Å². The van der Waals surface area contributed by atoms with Gasteiger partial charge in [-0.2, -0.15) is 8.61 Å². The van der Waals surface area contributed by atoms with Crippen LogP contribution >= 0.6 is 23.2 Å². The highest BCUT2D eigenvalue weighted by Crippen LogP contribution is 2.34. The predicted molar refractivity (Wildman–Crippen MR) is 167 cm³/mol. The third-order valence-electron chi connectivity index (χ3n) is 7.24. The molecule has 0 aliphatic carbocycles. The van der Waals surface area contributed by atoms with E-state index in [2.05, 4.69) is 0 Å². The monoisotopic (exact) mass is 678 g/mol. The van der Waals surface area contributed by atoms with Crippen molar-refractivity contribution in [2.75, 3.05) is 11.5 Å². The number of benzene rings is 4. The average Bonchev–Trinajstić information content (AvgIpc) is 3.30. The molecule has 1 fully saturated rings. The van der Waals surface area contributed by atoms with Crippen LogP contribution in [0.5, 0.6) is 0 Å². The standard InChI is InChI=1S/C30H28Cl2N2O6S3/c31-25-11-15-27(16-12-25)42(37,38)33(19-23-7-3-1-4-8-23)29-21-41(35,36)22-30(29)34(20-24-9-5-2-6-10-24)43(39,40)28-17-13-26(32)14-18-28/h1-18,29-30H,19-22H2/t29-,30+. The molecule has 0 amide bonds. The average molecular weight is 680 g/mol. The summed E-state index contributed by atoms with van der Waals surface area (Å²) in [5.41, 5.74) is 1.22.